The molecule has 0 aliphatic rings. The summed E-state index contributed by atoms with van der Waals surface area (Å²) in [5.74, 6) is 0.606. The van der Waals surface area contributed by atoms with Crippen molar-refractivity contribution in [3.63, 3.8) is 0 Å². The minimum atomic E-state index is 0.0885. The predicted molar refractivity (Wildman–Crippen MR) is 85.0 cm³/mol. The summed E-state index contributed by atoms with van der Waals surface area (Å²) >= 11 is 0. The minimum Gasteiger partial charge on any atom is -0.370 e. The highest BCUT2D eigenvalue weighted by molar-refractivity contribution is 5.77. The lowest BCUT2D eigenvalue weighted by atomic mass is 10.2. The van der Waals surface area contributed by atoms with Crippen LogP contribution in [-0.4, -0.2) is 56.9 Å². The summed E-state index contributed by atoms with van der Waals surface area (Å²) in [6.07, 6.45) is 5.80. The molecule has 0 heterocycles. The van der Waals surface area contributed by atoms with Crippen molar-refractivity contribution in [3.8, 4) is 0 Å². The Kier molecular flexibility index (Phi) is 12.1. The molecule has 0 aromatic carbocycles. The molecule has 0 saturated heterocycles. The van der Waals surface area contributed by atoms with E-state index in [9.17, 15) is 9.59 Å². The zero-order valence-electron chi connectivity index (χ0n) is 13.2. The van der Waals surface area contributed by atoms with Gasteiger partial charge in [-0.25, -0.2) is 0 Å². The van der Waals surface area contributed by atoms with Crippen molar-refractivity contribution < 1.29 is 9.59 Å². The van der Waals surface area contributed by atoms with E-state index in [1.807, 2.05) is 14.1 Å². The van der Waals surface area contributed by atoms with Crippen molar-refractivity contribution in [2.45, 2.75) is 38.5 Å². The number of aliphatic imine (C=N–C) groups is 1. The number of amides is 2. The average molecular weight is 299 g/mol. The number of guanidine groups is 1. The first-order valence-corrected chi connectivity index (χ1v) is 7.49. The zero-order valence-corrected chi connectivity index (χ0v) is 13.2. The minimum absolute atomic E-state index is 0.0885. The predicted octanol–water partition coefficient (Wildman–Crippen LogP) is 0.0655. The van der Waals surface area contributed by atoms with Gasteiger partial charge in [0.1, 0.15) is 0 Å². The van der Waals surface area contributed by atoms with E-state index < -0.39 is 0 Å². The van der Waals surface area contributed by atoms with Gasteiger partial charge in [-0.1, -0.05) is 0 Å². The maximum atomic E-state index is 11.5. The number of nitrogens with zero attached hydrogens (tertiary/aromatic N) is 2. The van der Waals surface area contributed by atoms with Crippen LogP contribution in [0.3, 0.4) is 0 Å². The second kappa shape index (κ2) is 13.2. The fourth-order valence-electron chi connectivity index (χ4n) is 1.64. The third-order valence-corrected chi connectivity index (χ3v) is 2.95. The van der Waals surface area contributed by atoms with Crippen molar-refractivity contribution in [3.05, 3.63) is 0 Å². The number of nitrogens with one attached hydrogen (secondary N) is 2. The molecule has 0 aliphatic heterocycles. The molecule has 0 aromatic rings. The topological polar surface area (TPSA) is 99.8 Å². The summed E-state index contributed by atoms with van der Waals surface area (Å²) in [4.78, 5) is 27.5. The number of unbranched alkanes of at least 4 members (excludes halogenated alkanes) is 3. The standard InChI is InChI=1S/C14H29N5O2/c1-19(2)14(15)18-11-7-4-8-13(21)17-10-6-3-5-9-16-12-20/h12H,3-11H2,1-2H3,(H2,15,18)(H,16,20)(H,17,21). The van der Waals surface area contributed by atoms with Gasteiger partial charge in [-0.15, -0.1) is 0 Å². The van der Waals surface area contributed by atoms with E-state index in [1.54, 1.807) is 4.90 Å². The smallest absolute Gasteiger partial charge is 0.219 e. The van der Waals surface area contributed by atoms with Gasteiger partial charge >= 0.3 is 0 Å². The Bertz CT molecular complexity index is 318. The van der Waals surface area contributed by atoms with Crippen molar-refractivity contribution >= 4 is 18.3 Å². The quantitative estimate of drug-likeness (QED) is 0.205. The van der Waals surface area contributed by atoms with E-state index in [1.165, 1.54) is 0 Å². The average Bonchev–Trinajstić information content (AvgIpc) is 2.45. The Morgan fingerprint density at radius 2 is 1.86 bits per heavy atom. The maximum absolute atomic E-state index is 11.5. The second-order valence-electron chi connectivity index (χ2n) is 5.07. The first-order chi connectivity index (χ1) is 10.1. The van der Waals surface area contributed by atoms with Crippen molar-refractivity contribution in [1.29, 1.82) is 0 Å². The number of carbonyl (C=O) groups excluding carboxylic acids is 2. The molecular weight excluding hydrogens is 270 g/mol. The molecule has 0 aliphatic carbocycles. The lowest BCUT2D eigenvalue weighted by molar-refractivity contribution is -0.121. The Morgan fingerprint density at radius 1 is 1.14 bits per heavy atom. The van der Waals surface area contributed by atoms with Gasteiger partial charge in [0.2, 0.25) is 12.3 Å². The van der Waals surface area contributed by atoms with Gasteiger partial charge < -0.3 is 21.3 Å². The van der Waals surface area contributed by atoms with Crippen LogP contribution in [0.15, 0.2) is 4.99 Å². The van der Waals surface area contributed by atoms with E-state index >= 15 is 0 Å². The van der Waals surface area contributed by atoms with Crippen molar-refractivity contribution in [2.75, 3.05) is 33.7 Å². The molecule has 7 heteroatoms. The van der Waals surface area contributed by atoms with Gasteiger partial charge in [0.25, 0.3) is 0 Å². The van der Waals surface area contributed by atoms with Crippen LogP contribution < -0.4 is 16.4 Å². The van der Waals surface area contributed by atoms with Crippen LogP contribution >= 0.6 is 0 Å². The van der Waals surface area contributed by atoms with Crippen LogP contribution in [0.5, 0.6) is 0 Å². The summed E-state index contributed by atoms with van der Waals surface area (Å²) in [5.41, 5.74) is 5.66. The maximum Gasteiger partial charge on any atom is 0.219 e. The van der Waals surface area contributed by atoms with E-state index in [0.717, 1.165) is 32.1 Å². The summed E-state index contributed by atoms with van der Waals surface area (Å²) in [6, 6.07) is 0. The van der Waals surface area contributed by atoms with Gasteiger partial charge in [0, 0.05) is 40.2 Å². The molecule has 2 amide bonds. The van der Waals surface area contributed by atoms with Gasteiger partial charge in [0.15, 0.2) is 5.96 Å². The Morgan fingerprint density at radius 3 is 2.52 bits per heavy atom. The lowest BCUT2D eigenvalue weighted by Crippen LogP contribution is -2.30. The fourth-order valence-corrected chi connectivity index (χ4v) is 1.64. The molecule has 122 valence electrons. The monoisotopic (exact) mass is 299 g/mol. The summed E-state index contributed by atoms with van der Waals surface area (Å²) < 4.78 is 0. The van der Waals surface area contributed by atoms with Crippen molar-refractivity contribution in [2.24, 2.45) is 10.7 Å². The van der Waals surface area contributed by atoms with E-state index in [-0.39, 0.29) is 5.91 Å². The molecular formula is C14H29N5O2. The van der Waals surface area contributed by atoms with Crippen LogP contribution in [0.2, 0.25) is 0 Å². The molecule has 0 fully saturated rings. The molecule has 7 nitrogen and oxygen atoms in total. The molecule has 4 N–H and O–H groups in total. The fraction of sp³-hybridized carbons (Fsp3) is 0.786. The highest BCUT2D eigenvalue weighted by Crippen LogP contribution is 1.97. The normalized spacial score (nSPS) is 11.0. The molecule has 0 radical (unpaired) electrons. The highest BCUT2D eigenvalue weighted by atomic mass is 16.1. The van der Waals surface area contributed by atoms with E-state index in [4.69, 9.17) is 5.73 Å². The van der Waals surface area contributed by atoms with Crippen LogP contribution in [0.25, 0.3) is 0 Å². The molecule has 0 unspecified atom stereocenters. The van der Waals surface area contributed by atoms with Gasteiger partial charge in [-0.05, 0) is 32.1 Å². The first-order valence-electron chi connectivity index (χ1n) is 7.49. The summed E-state index contributed by atoms with van der Waals surface area (Å²) in [6.45, 7) is 2.06. The number of hydrogen-bond acceptors (Lipinski definition) is 3. The number of nitrogens with two attached hydrogens (primary N) is 1. The zero-order chi connectivity index (χ0) is 15.9. The number of rotatable bonds is 12. The van der Waals surface area contributed by atoms with Gasteiger partial charge in [0.05, 0.1) is 0 Å². The lowest BCUT2D eigenvalue weighted by Gasteiger charge is -2.10. The van der Waals surface area contributed by atoms with Crippen LogP contribution in [0, 0.1) is 0 Å². The summed E-state index contributed by atoms with van der Waals surface area (Å²) in [7, 11) is 3.70. The third-order valence-electron chi connectivity index (χ3n) is 2.95. The Balaban J connectivity index is 3.39. The first kappa shape index (κ1) is 19.2. The Hall–Kier alpha value is -1.79. The largest absolute Gasteiger partial charge is 0.370 e. The highest BCUT2D eigenvalue weighted by Gasteiger charge is 2.00. The van der Waals surface area contributed by atoms with Crippen molar-refractivity contribution in [1.82, 2.24) is 15.5 Å². The molecule has 0 aromatic heterocycles. The molecule has 21 heavy (non-hydrogen) atoms. The SMILES string of the molecule is CN(C)C(N)=NCCCCC(=O)NCCCCCNC=O. The molecule has 0 bridgehead atoms. The van der Waals surface area contributed by atoms with Crippen LogP contribution in [-0.2, 0) is 9.59 Å². The third kappa shape index (κ3) is 13.0. The summed E-state index contributed by atoms with van der Waals surface area (Å²) in [5, 5.41) is 5.51. The molecule has 0 saturated carbocycles. The number of carbonyl (C=O) groups is 2. The van der Waals surface area contributed by atoms with E-state index in [2.05, 4.69) is 15.6 Å². The van der Waals surface area contributed by atoms with Gasteiger partial charge in [-0.3, -0.25) is 14.6 Å². The molecule has 0 rings (SSSR count). The molecule has 0 spiro atoms. The number of hydrogen-bond donors (Lipinski definition) is 3. The van der Waals surface area contributed by atoms with E-state index in [0.29, 0.717) is 38.4 Å². The Labute approximate surface area is 127 Å². The second-order valence-corrected chi connectivity index (χ2v) is 5.07. The van der Waals surface area contributed by atoms with Gasteiger partial charge in [-0.2, -0.15) is 0 Å². The van der Waals surface area contributed by atoms with Crippen LogP contribution in [0.4, 0.5) is 0 Å². The van der Waals surface area contributed by atoms with Crippen LogP contribution in [0.1, 0.15) is 38.5 Å². The molecule has 0 atom stereocenters.